The van der Waals surface area contributed by atoms with Gasteiger partial charge in [0.2, 0.25) is 21.8 Å². The number of benzene rings is 2. The van der Waals surface area contributed by atoms with E-state index in [1.54, 1.807) is 55.5 Å². The molecule has 186 valence electrons. The minimum Gasteiger partial charge on any atom is -0.494 e. The van der Waals surface area contributed by atoms with Crippen LogP contribution < -0.4 is 14.4 Å². The van der Waals surface area contributed by atoms with E-state index in [9.17, 15) is 18.0 Å². The average Bonchev–Trinajstić information content (AvgIpc) is 2.80. The minimum absolute atomic E-state index is 0.0813. The van der Waals surface area contributed by atoms with Crippen molar-refractivity contribution >= 4 is 39.1 Å². The van der Waals surface area contributed by atoms with Crippen molar-refractivity contribution in [1.29, 1.82) is 0 Å². The van der Waals surface area contributed by atoms with Gasteiger partial charge in [-0.3, -0.25) is 13.9 Å². The molecule has 0 aliphatic heterocycles. The number of hydrogen-bond donors (Lipinski definition) is 1. The molecule has 0 fully saturated rings. The Morgan fingerprint density at radius 3 is 2.24 bits per heavy atom. The maximum Gasteiger partial charge on any atom is 0.242 e. The second kappa shape index (κ2) is 12.6. The Labute approximate surface area is 206 Å². The molecule has 10 heteroatoms. The molecule has 2 aromatic carbocycles. The van der Waals surface area contributed by atoms with E-state index in [0.29, 0.717) is 23.1 Å². The van der Waals surface area contributed by atoms with E-state index in [-0.39, 0.29) is 37.7 Å². The van der Waals surface area contributed by atoms with Crippen LogP contribution in [0.25, 0.3) is 0 Å². The number of amides is 2. The van der Waals surface area contributed by atoms with Crippen molar-refractivity contribution in [2.75, 3.05) is 30.8 Å². The van der Waals surface area contributed by atoms with Crippen LogP contribution in [0.15, 0.2) is 48.5 Å². The van der Waals surface area contributed by atoms with Crippen LogP contribution >= 0.6 is 11.6 Å². The van der Waals surface area contributed by atoms with Gasteiger partial charge >= 0.3 is 0 Å². The number of rotatable bonds is 12. The summed E-state index contributed by atoms with van der Waals surface area (Å²) in [6.45, 7) is 4.41. The number of carbonyl (C=O) groups excluding carboxylic acids is 2. The van der Waals surface area contributed by atoms with Gasteiger partial charge in [-0.1, -0.05) is 23.7 Å². The van der Waals surface area contributed by atoms with Crippen LogP contribution in [-0.2, 0) is 26.2 Å². The Hall–Kier alpha value is -2.78. The predicted molar refractivity (Wildman–Crippen MR) is 135 cm³/mol. The summed E-state index contributed by atoms with van der Waals surface area (Å²) in [5, 5.41) is 3.15. The van der Waals surface area contributed by atoms with Gasteiger partial charge in [-0.15, -0.1) is 0 Å². The summed E-state index contributed by atoms with van der Waals surface area (Å²) in [5.41, 5.74) is 1.33. The molecular formula is C24H32ClN3O5S. The highest BCUT2D eigenvalue weighted by molar-refractivity contribution is 7.92. The quantitative estimate of drug-likeness (QED) is 0.472. The number of nitrogens with zero attached hydrogens (tertiary/aromatic N) is 2. The standard InChI is InChI=1S/C24H32ClN3O5S/c1-5-33-22-14-12-21(13-15-22)28(34(4,31)32)16-6-7-23(29)27(18(2)24(30)26-3)17-19-8-10-20(25)11-9-19/h8-15,18H,5-7,16-17H2,1-4H3,(H,26,30)/t18-/m1/s1. The zero-order valence-electron chi connectivity index (χ0n) is 20.0. The lowest BCUT2D eigenvalue weighted by Gasteiger charge is -2.29. The maximum absolute atomic E-state index is 13.1. The highest BCUT2D eigenvalue weighted by Gasteiger charge is 2.26. The zero-order valence-corrected chi connectivity index (χ0v) is 21.5. The van der Waals surface area contributed by atoms with Crippen LogP contribution in [-0.4, -0.2) is 57.6 Å². The van der Waals surface area contributed by atoms with E-state index in [1.807, 2.05) is 6.92 Å². The molecule has 2 amide bonds. The third-order valence-corrected chi connectivity index (χ3v) is 6.71. The van der Waals surface area contributed by atoms with Crippen molar-refractivity contribution in [3.63, 3.8) is 0 Å². The molecular weight excluding hydrogens is 478 g/mol. The second-order valence-electron chi connectivity index (χ2n) is 7.80. The smallest absolute Gasteiger partial charge is 0.242 e. The fraction of sp³-hybridized carbons (Fsp3) is 0.417. The molecule has 0 aliphatic carbocycles. The summed E-state index contributed by atoms with van der Waals surface area (Å²) < 4.78 is 31.5. The second-order valence-corrected chi connectivity index (χ2v) is 10.1. The molecule has 0 saturated heterocycles. The summed E-state index contributed by atoms with van der Waals surface area (Å²) >= 11 is 5.95. The molecule has 0 unspecified atom stereocenters. The van der Waals surface area contributed by atoms with Gasteiger partial charge in [-0.25, -0.2) is 8.42 Å². The average molecular weight is 510 g/mol. The van der Waals surface area contributed by atoms with Gasteiger partial charge in [0.1, 0.15) is 11.8 Å². The van der Waals surface area contributed by atoms with Crippen molar-refractivity contribution in [2.45, 2.75) is 39.3 Å². The van der Waals surface area contributed by atoms with E-state index in [4.69, 9.17) is 16.3 Å². The monoisotopic (exact) mass is 509 g/mol. The largest absolute Gasteiger partial charge is 0.494 e. The van der Waals surface area contributed by atoms with Crippen LogP contribution in [0.2, 0.25) is 5.02 Å². The SMILES string of the molecule is CCOc1ccc(N(CCCC(=O)N(Cc2ccc(Cl)cc2)[C@H](C)C(=O)NC)S(C)(=O)=O)cc1. The van der Waals surface area contributed by atoms with Gasteiger partial charge in [0.25, 0.3) is 0 Å². The molecule has 8 nitrogen and oxygen atoms in total. The predicted octanol–water partition coefficient (Wildman–Crippen LogP) is 3.45. The lowest BCUT2D eigenvalue weighted by molar-refractivity contribution is -0.140. The normalized spacial score (nSPS) is 12.0. The number of sulfonamides is 1. The molecule has 0 aliphatic rings. The first-order valence-electron chi connectivity index (χ1n) is 11.0. The Morgan fingerprint density at radius 2 is 1.71 bits per heavy atom. The van der Waals surface area contributed by atoms with Gasteiger partial charge in [-0.2, -0.15) is 0 Å². The highest BCUT2D eigenvalue weighted by atomic mass is 35.5. The fourth-order valence-electron chi connectivity index (χ4n) is 3.46. The van der Waals surface area contributed by atoms with Crippen LogP contribution in [0.5, 0.6) is 5.75 Å². The van der Waals surface area contributed by atoms with Crippen molar-refractivity contribution in [3.05, 3.63) is 59.1 Å². The molecule has 1 N–H and O–H groups in total. The number of ether oxygens (including phenoxy) is 1. The van der Waals surface area contributed by atoms with E-state index in [0.717, 1.165) is 11.8 Å². The number of carbonyl (C=O) groups is 2. The summed E-state index contributed by atoms with van der Waals surface area (Å²) in [5.74, 6) is 0.122. The summed E-state index contributed by atoms with van der Waals surface area (Å²) in [6, 6.07) is 13.1. The lowest BCUT2D eigenvalue weighted by atomic mass is 10.1. The van der Waals surface area contributed by atoms with Crippen LogP contribution in [0.1, 0.15) is 32.3 Å². The molecule has 0 saturated carbocycles. The molecule has 0 heterocycles. The number of halogens is 1. The Morgan fingerprint density at radius 1 is 1.09 bits per heavy atom. The third kappa shape index (κ3) is 7.92. The van der Waals surface area contributed by atoms with Gasteiger partial charge in [0.15, 0.2) is 0 Å². The summed E-state index contributed by atoms with van der Waals surface area (Å²) in [6.07, 6.45) is 1.50. The Kier molecular flexibility index (Phi) is 10.2. The van der Waals surface area contributed by atoms with Crippen molar-refractivity contribution < 1.29 is 22.7 Å². The first kappa shape index (κ1) is 27.5. The molecule has 0 radical (unpaired) electrons. The summed E-state index contributed by atoms with van der Waals surface area (Å²) in [4.78, 5) is 26.8. The van der Waals surface area contributed by atoms with Crippen LogP contribution in [0, 0.1) is 0 Å². The number of hydrogen-bond acceptors (Lipinski definition) is 5. The van der Waals surface area contributed by atoms with Gasteiger partial charge < -0.3 is 15.0 Å². The fourth-order valence-corrected chi connectivity index (χ4v) is 4.55. The molecule has 2 rings (SSSR count). The van der Waals surface area contributed by atoms with E-state index >= 15 is 0 Å². The van der Waals surface area contributed by atoms with E-state index < -0.39 is 16.1 Å². The van der Waals surface area contributed by atoms with Crippen LogP contribution in [0.3, 0.4) is 0 Å². The molecule has 1 atom stereocenters. The summed E-state index contributed by atoms with van der Waals surface area (Å²) in [7, 11) is -2.04. The maximum atomic E-state index is 13.1. The number of anilines is 1. The zero-order chi connectivity index (χ0) is 25.3. The Bertz CT molecular complexity index is 1060. The lowest BCUT2D eigenvalue weighted by Crippen LogP contribution is -2.46. The Balaban J connectivity index is 2.12. The molecule has 2 aromatic rings. The van der Waals surface area contributed by atoms with Crippen LogP contribution in [0.4, 0.5) is 5.69 Å². The van der Waals surface area contributed by atoms with Crippen molar-refractivity contribution in [1.82, 2.24) is 10.2 Å². The van der Waals surface area contributed by atoms with Gasteiger partial charge in [0, 0.05) is 31.6 Å². The van der Waals surface area contributed by atoms with E-state index in [2.05, 4.69) is 5.32 Å². The minimum atomic E-state index is -3.56. The number of likely N-dealkylation sites (N-methyl/N-ethyl adjacent to an activating group) is 1. The molecule has 0 spiro atoms. The molecule has 0 bridgehead atoms. The first-order chi connectivity index (χ1) is 16.1. The number of nitrogens with one attached hydrogen (secondary N) is 1. The third-order valence-electron chi connectivity index (χ3n) is 5.27. The molecule has 34 heavy (non-hydrogen) atoms. The van der Waals surface area contributed by atoms with Crippen molar-refractivity contribution in [2.24, 2.45) is 0 Å². The van der Waals surface area contributed by atoms with Crippen molar-refractivity contribution in [3.8, 4) is 5.75 Å². The topological polar surface area (TPSA) is 96.0 Å². The van der Waals surface area contributed by atoms with Gasteiger partial charge in [0.05, 0.1) is 18.6 Å². The highest BCUT2D eigenvalue weighted by Crippen LogP contribution is 2.23. The van der Waals surface area contributed by atoms with Gasteiger partial charge in [-0.05, 0) is 62.2 Å². The molecule has 0 aromatic heterocycles. The van der Waals surface area contributed by atoms with E-state index in [1.165, 1.54) is 16.3 Å². The first-order valence-corrected chi connectivity index (χ1v) is 13.3.